The lowest BCUT2D eigenvalue weighted by atomic mass is 10.5. The molecule has 0 saturated carbocycles. The molecule has 0 radical (unpaired) electrons. The number of nitrogens with zero attached hydrogens (tertiary/aromatic N) is 1. The van der Waals surface area contributed by atoms with Gasteiger partial charge in [-0.15, -0.1) is 0 Å². The van der Waals surface area contributed by atoms with Gasteiger partial charge in [0.2, 0.25) is 0 Å². The summed E-state index contributed by atoms with van der Waals surface area (Å²) < 4.78 is 35.5. The first-order valence-electron chi connectivity index (χ1n) is 2.77. The van der Waals surface area contributed by atoms with Crippen molar-refractivity contribution >= 4 is 22.6 Å². The summed E-state index contributed by atoms with van der Waals surface area (Å²) in [5.41, 5.74) is 0. The molecule has 0 rings (SSSR count). The summed E-state index contributed by atoms with van der Waals surface area (Å²) in [4.78, 5) is 1.26. The molecule has 0 aliphatic carbocycles. The number of hydrogen-bond acceptors (Lipinski definition) is 1. The minimum Gasteiger partial charge on any atom is -0.297 e. The Morgan fingerprint density at radius 1 is 1.40 bits per heavy atom. The lowest BCUT2D eigenvalue weighted by Gasteiger charge is -2.16. The van der Waals surface area contributed by atoms with Gasteiger partial charge in [-0.05, 0) is 7.05 Å². The van der Waals surface area contributed by atoms with Crippen molar-refractivity contribution in [2.45, 2.75) is 6.18 Å². The average Bonchev–Trinajstić information content (AvgIpc) is 1.59. The van der Waals surface area contributed by atoms with Gasteiger partial charge in [0.1, 0.15) is 0 Å². The SMILES string of the molecule is CN(CCI)CC(F)(F)F. The van der Waals surface area contributed by atoms with Crippen LogP contribution in [0.25, 0.3) is 0 Å². The maximum absolute atomic E-state index is 11.6. The lowest BCUT2D eigenvalue weighted by molar-refractivity contribution is -0.142. The largest absolute Gasteiger partial charge is 0.401 e. The van der Waals surface area contributed by atoms with Crippen molar-refractivity contribution in [3.05, 3.63) is 0 Å². The van der Waals surface area contributed by atoms with E-state index in [0.29, 0.717) is 6.54 Å². The molecule has 0 aromatic rings. The summed E-state index contributed by atoms with van der Waals surface area (Å²) in [6.07, 6.45) is -4.06. The molecule has 0 N–H and O–H groups in total. The van der Waals surface area contributed by atoms with Crippen molar-refractivity contribution in [1.82, 2.24) is 4.90 Å². The fourth-order valence-electron chi connectivity index (χ4n) is 0.529. The third kappa shape index (κ3) is 6.60. The molecule has 0 spiro atoms. The fourth-order valence-corrected chi connectivity index (χ4v) is 1.35. The van der Waals surface area contributed by atoms with Crippen molar-refractivity contribution in [3.63, 3.8) is 0 Å². The van der Waals surface area contributed by atoms with E-state index in [1.165, 1.54) is 11.9 Å². The van der Waals surface area contributed by atoms with Gasteiger partial charge in [0.25, 0.3) is 0 Å². The number of halogens is 4. The molecule has 0 amide bonds. The molecule has 5 heteroatoms. The van der Waals surface area contributed by atoms with Crippen LogP contribution in [0, 0.1) is 0 Å². The summed E-state index contributed by atoms with van der Waals surface area (Å²) in [7, 11) is 1.46. The van der Waals surface area contributed by atoms with Gasteiger partial charge in [0.05, 0.1) is 6.54 Å². The zero-order valence-electron chi connectivity index (χ0n) is 5.58. The van der Waals surface area contributed by atoms with Gasteiger partial charge >= 0.3 is 6.18 Å². The highest BCUT2D eigenvalue weighted by atomic mass is 127. The Hall–Kier alpha value is 0.480. The Morgan fingerprint density at radius 3 is 2.20 bits per heavy atom. The molecule has 0 saturated heterocycles. The predicted octanol–water partition coefficient (Wildman–Crippen LogP) is 1.92. The molecule has 10 heavy (non-hydrogen) atoms. The van der Waals surface area contributed by atoms with Gasteiger partial charge < -0.3 is 0 Å². The van der Waals surface area contributed by atoms with E-state index in [4.69, 9.17) is 0 Å². The van der Waals surface area contributed by atoms with Crippen molar-refractivity contribution in [1.29, 1.82) is 0 Å². The highest BCUT2D eigenvalue weighted by molar-refractivity contribution is 14.1. The topological polar surface area (TPSA) is 3.24 Å². The maximum atomic E-state index is 11.6. The Balaban J connectivity index is 3.47. The third-order valence-electron chi connectivity index (χ3n) is 0.915. The third-order valence-corrected chi connectivity index (χ3v) is 1.40. The van der Waals surface area contributed by atoms with E-state index in [1.54, 1.807) is 0 Å². The highest BCUT2D eigenvalue weighted by Gasteiger charge is 2.28. The van der Waals surface area contributed by atoms with Crippen LogP contribution in [0.3, 0.4) is 0 Å². The molecule has 0 aromatic carbocycles. The Morgan fingerprint density at radius 2 is 1.90 bits per heavy atom. The van der Waals surface area contributed by atoms with Crippen LogP contribution in [0.5, 0.6) is 0 Å². The van der Waals surface area contributed by atoms with Gasteiger partial charge in [-0.25, -0.2) is 0 Å². The second-order valence-corrected chi connectivity index (χ2v) is 3.12. The molecule has 0 atom stereocenters. The van der Waals surface area contributed by atoms with E-state index in [9.17, 15) is 13.2 Å². The zero-order valence-corrected chi connectivity index (χ0v) is 7.74. The standard InChI is InChI=1S/C5H9F3IN/c1-10(3-2-9)4-5(6,7)8/h2-4H2,1H3. The predicted molar refractivity (Wildman–Crippen MR) is 42.4 cm³/mol. The van der Waals surface area contributed by atoms with Crippen LogP contribution in [0.15, 0.2) is 0 Å². The summed E-state index contributed by atoms with van der Waals surface area (Å²) in [6, 6.07) is 0. The first kappa shape index (κ1) is 10.5. The minimum absolute atomic E-state index is 0.486. The summed E-state index contributed by atoms with van der Waals surface area (Å²) in [6.45, 7) is -0.323. The van der Waals surface area contributed by atoms with Gasteiger partial charge in [-0.3, -0.25) is 4.90 Å². The Kier molecular flexibility index (Phi) is 4.59. The smallest absolute Gasteiger partial charge is 0.297 e. The maximum Gasteiger partial charge on any atom is 0.401 e. The van der Waals surface area contributed by atoms with Crippen molar-refractivity contribution in [3.8, 4) is 0 Å². The van der Waals surface area contributed by atoms with Crippen LogP contribution in [0.4, 0.5) is 13.2 Å². The quantitative estimate of drug-likeness (QED) is 0.557. The second kappa shape index (κ2) is 4.38. The first-order valence-corrected chi connectivity index (χ1v) is 4.29. The highest BCUT2D eigenvalue weighted by Crippen LogP contribution is 2.15. The van der Waals surface area contributed by atoms with E-state index >= 15 is 0 Å². The molecule has 0 unspecified atom stereocenters. The number of hydrogen-bond donors (Lipinski definition) is 0. The molecule has 0 aliphatic rings. The van der Waals surface area contributed by atoms with Crippen LogP contribution in [-0.2, 0) is 0 Å². The molecule has 0 heterocycles. The molecular formula is C5H9F3IN. The first-order chi connectivity index (χ1) is 4.45. The molecule has 0 bridgehead atoms. The number of alkyl halides is 4. The van der Waals surface area contributed by atoms with E-state index in [0.717, 1.165) is 4.43 Å². The summed E-state index contributed by atoms with van der Waals surface area (Å²) >= 11 is 2.05. The average molecular weight is 267 g/mol. The van der Waals surface area contributed by atoms with Gasteiger partial charge in [-0.1, -0.05) is 22.6 Å². The van der Waals surface area contributed by atoms with E-state index in [2.05, 4.69) is 0 Å². The van der Waals surface area contributed by atoms with E-state index in [1.807, 2.05) is 22.6 Å². The van der Waals surface area contributed by atoms with Crippen LogP contribution in [0.2, 0.25) is 0 Å². The Bertz CT molecular complexity index is 93.4. The van der Waals surface area contributed by atoms with Crippen LogP contribution in [-0.4, -0.2) is 35.6 Å². The lowest BCUT2D eigenvalue weighted by Crippen LogP contribution is -2.32. The van der Waals surface area contributed by atoms with Crippen molar-refractivity contribution in [2.24, 2.45) is 0 Å². The second-order valence-electron chi connectivity index (χ2n) is 2.04. The van der Waals surface area contributed by atoms with Crippen molar-refractivity contribution in [2.75, 3.05) is 24.6 Å². The van der Waals surface area contributed by atoms with Crippen molar-refractivity contribution < 1.29 is 13.2 Å². The van der Waals surface area contributed by atoms with Crippen LogP contribution in [0.1, 0.15) is 0 Å². The summed E-state index contributed by atoms with van der Waals surface area (Å²) in [5, 5.41) is 0. The minimum atomic E-state index is -4.06. The molecule has 1 nitrogen and oxygen atoms in total. The molecule has 0 aliphatic heterocycles. The van der Waals surface area contributed by atoms with Crippen LogP contribution < -0.4 is 0 Å². The van der Waals surface area contributed by atoms with Gasteiger partial charge in [0.15, 0.2) is 0 Å². The normalized spacial score (nSPS) is 12.6. The Labute approximate surface area is 71.7 Å². The molecule has 0 fully saturated rings. The van der Waals surface area contributed by atoms with Gasteiger partial charge in [0, 0.05) is 11.0 Å². The fraction of sp³-hybridized carbons (Fsp3) is 1.00. The number of rotatable bonds is 3. The van der Waals surface area contributed by atoms with E-state index < -0.39 is 12.7 Å². The van der Waals surface area contributed by atoms with Gasteiger partial charge in [-0.2, -0.15) is 13.2 Å². The summed E-state index contributed by atoms with van der Waals surface area (Å²) in [5.74, 6) is 0. The molecule has 62 valence electrons. The molecular weight excluding hydrogens is 258 g/mol. The zero-order chi connectivity index (χ0) is 8.20. The monoisotopic (exact) mass is 267 g/mol. The van der Waals surface area contributed by atoms with Crippen LogP contribution >= 0.6 is 22.6 Å². The van der Waals surface area contributed by atoms with E-state index in [-0.39, 0.29) is 0 Å². The molecule has 0 aromatic heterocycles.